The molecule has 0 fully saturated rings. The molecule has 1 amide bonds. The lowest BCUT2D eigenvalue weighted by molar-refractivity contribution is -0.142. The lowest BCUT2D eigenvalue weighted by Crippen LogP contribution is -2.46. The molecule has 0 aliphatic carbocycles. The molecule has 0 aromatic heterocycles. The van der Waals surface area contributed by atoms with E-state index in [1.165, 1.54) is 11.8 Å². The van der Waals surface area contributed by atoms with Crippen LogP contribution < -0.4 is 14.8 Å². The summed E-state index contributed by atoms with van der Waals surface area (Å²) in [7, 11) is 3.14. The minimum absolute atomic E-state index is 0.395. The molecule has 0 radical (unpaired) electrons. The molecule has 4 aromatic carbocycles. The van der Waals surface area contributed by atoms with Gasteiger partial charge in [0.2, 0.25) is 5.91 Å². The number of methoxy groups -OCH3 is 2. The molecule has 0 aliphatic rings. The van der Waals surface area contributed by atoms with E-state index >= 15 is 0 Å². The SMILES string of the molecule is COc1cccc(SC(c2cccc(OC)c2)C(NC(=O)C(c2ccccc2)c2ccccc2)C(=O)O)c1. The largest absolute Gasteiger partial charge is 0.497 e. The van der Waals surface area contributed by atoms with E-state index in [-0.39, 0.29) is 0 Å². The van der Waals surface area contributed by atoms with Gasteiger partial charge in [-0.3, -0.25) is 4.79 Å². The van der Waals surface area contributed by atoms with Crippen LogP contribution >= 0.6 is 11.8 Å². The Labute approximate surface area is 226 Å². The maximum atomic E-state index is 13.8. The first kappa shape index (κ1) is 26.8. The molecule has 0 aliphatic heterocycles. The summed E-state index contributed by atoms with van der Waals surface area (Å²) in [6, 6.07) is 32.1. The van der Waals surface area contributed by atoms with Crippen molar-refractivity contribution < 1.29 is 24.2 Å². The van der Waals surface area contributed by atoms with E-state index in [9.17, 15) is 14.7 Å². The van der Waals surface area contributed by atoms with E-state index in [0.29, 0.717) is 17.1 Å². The molecule has 7 heteroatoms. The Kier molecular flexibility index (Phi) is 9.06. The van der Waals surface area contributed by atoms with Crippen LogP contribution in [-0.4, -0.2) is 37.2 Å². The van der Waals surface area contributed by atoms with Gasteiger partial charge < -0.3 is 19.9 Å². The van der Waals surface area contributed by atoms with Gasteiger partial charge in [0.25, 0.3) is 0 Å². The minimum Gasteiger partial charge on any atom is -0.497 e. The summed E-state index contributed by atoms with van der Waals surface area (Å²) in [4.78, 5) is 27.4. The predicted molar refractivity (Wildman–Crippen MR) is 149 cm³/mol. The number of hydrogen-bond donors (Lipinski definition) is 2. The fourth-order valence-corrected chi connectivity index (χ4v) is 5.50. The van der Waals surface area contributed by atoms with Gasteiger partial charge in [-0.2, -0.15) is 0 Å². The fourth-order valence-electron chi connectivity index (χ4n) is 4.26. The van der Waals surface area contributed by atoms with Gasteiger partial charge in [-0.25, -0.2) is 4.79 Å². The van der Waals surface area contributed by atoms with Crippen molar-refractivity contribution in [3.05, 3.63) is 126 Å². The van der Waals surface area contributed by atoms with E-state index in [2.05, 4.69) is 5.32 Å². The molecule has 0 spiro atoms. The van der Waals surface area contributed by atoms with Gasteiger partial charge in [-0.1, -0.05) is 78.9 Å². The Morgan fingerprint density at radius 1 is 0.711 bits per heavy atom. The number of rotatable bonds is 11. The van der Waals surface area contributed by atoms with Crippen LogP contribution in [0, 0.1) is 0 Å². The number of carboxylic acids is 1. The predicted octanol–water partition coefficient (Wildman–Crippen LogP) is 5.94. The molecular formula is C31H29NO5S. The van der Waals surface area contributed by atoms with E-state index in [1.807, 2.05) is 97.1 Å². The highest BCUT2D eigenvalue weighted by atomic mass is 32.2. The van der Waals surface area contributed by atoms with Crippen molar-refractivity contribution in [3.63, 3.8) is 0 Å². The highest BCUT2D eigenvalue weighted by Crippen LogP contribution is 2.40. The third-order valence-electron chi connectivity index (χ3n) is 6.12. The molecule has 2 unspecified atom stereocenters. The second-order valence-corrected chi connectivity index (χ2v) is 9.79. The second-order valence-electron chi connectivity index (χ2n) is 8.57. The van der Waals surface area contributed by atoms with Crippen LogP contribution in [0.5, 0.6) is 11.5 Å². The molecule has 2 atom stereocenters. The number of carbonyl (C=O) groups is 2. The summed E-state index contributed by atoms with van der Waals surface area (Å²) >= 11 is 1.34. The number of thioether (sulfide) groups is 1. The zero-order valence-corrected chi connectivity index (χ0v) is 21.9. The monoisotopic (exact) mass is 527 g/mol. The molecular weight excluding hydrogens is 498 g/mol. The number of benzene rings is 4. The molecule has 0 heterocycles. The molecule has 2 N–H and O–H groups in total. The maximum Gasteiger partial charge on any atom is 0.327 e. The standard InChI is InChI=1S/C31H29NO5S/c1-36-24-16-9-15-23(19-24)29(38-26-18-10-17-25(20-26)37-2)28(31(34)35)32-30(33)27(21-11-5-3-6-12-21)22-13-7-4-8-14-22/h3-20,27-29H,1-2H3,(H,32,33)(H,34,35). The molecule has 4 rings (SSSR count). The molecule has 194 valence electrons. The summed E-state index contributed by atoms with van der Waals surface area (Å²) in [5.41, 5.74) is 2.26. The van der Waals surface area contributed by atoms with Crippen LogP contribution in [0.4, 0.5) is 0 Å². The van der Waals surface area contributed by atoms with E-state index in [1.54, 1.807) is 26.4 Å². The number of amides is 1. The van der Waals surface area contributed by atoms with E-state index in [4.69, 9.17) is 9.47 Å². The van der Waals surface area contributed by atoms with Gasteiger partial charge in [-0.05, 0) is 47.0 Å². The second kappa shape index (κ2) is 12.8. The number of nitrogens with one attached hydrogen (secondary N) is 1. The van der Waals surface area contributed by atoms with Crippen molar-refractivity contribution >= 4 is 23.6 Å². The smallest absolute Gasteiger partial charge is 0.327 e. The first-order valence-corrected chi connectivity index (χ1v) is 13.0. The number of aliphatic carboxylic acids is 1. The topological polar surface area (TPSA) is 84.9 Å². The molecule has 4 aromatic rings. The van der Waals surface area contributed by atoms with Gasteiger partial charge in [0.1, 0.15) is 17.5 Å². The zero-order chi connectivity index (χ0) is 26.9. The number of carboxylic acid groups (broad SMARTS) is 1. The third kappa shape index (κ3) is 6.55. The van der Waals surface area contributed by atoms with E-state index < -0.39 is 29.1 Å². The summed E-state index contributed by atoms with van der Waals surface area (Å²) in [6.45, 7) is 0. The van der Waals surface area contributed by atoms with Crippen molar-refractivity contribution in [2.75, 3.05) is 14.2 Å². The maximum absolute atomic E-state index is 13.8. The molecule has 6 nitrogen and oxygen atoms in total. The van der Waals surface area contributed by atoms with Crippen molar-refractivity contribution in [1.82, 2.24) is 5.32 Å². The lowest BCUT2D eigenvalue weighted by atomic mass is 9.90. The Morgan fingerprint density at radius 2 is 1.24 bits per heavy atom. The normalized spacial score (nSPS) is 12.4. The van der Waals surface area contributed by atoms with Gasteiger partial charge in [-0.15, -0.1) is 11.8 Å². The first-order valence-electron chi connectivity index (χ1n) is 12.1. The van der Waals surface area contributed by atoms with Crippen molar-refractivity contribution in [3.8, 4) is 11.5 Å². The minimum atomic E-state index is -1.24. The number of hydrogen-bond acceptors (Lipinski definition) is 5. The van der Waals surface area contributed by atoms with Gasteiger partial charge >= 0.3 is 5.97 Å². The van der Waals surface area contributed by atoms with Gasteiger partial charge in [0.05, 0.1) is 25.4 Å². The van der Waals surface area contributed by atoms with Crippen LogP contribution in [0.15, 0.2) is 114 Å². The summed E-state index contributed by atoms with van der Waals surface area (Å²) in [5.74, 6) is -0.952. The van der Waals surface area contributed by atoms with Gasteiger partial charge in [0.15, 0.2) is 0 Å². The van der Waals surface area contributed by atoms with Gasteiger partial charge in [0, 0.05) is 4.90 Å². The molecule has 0 saturated heterocycles. The van der Waals surface area contributed by atoms with Crippen molar-refractivity contribution in [2.24, 2.45) is 0 Å². The van der Waals surface area contributed by atoms with Crippen molar-refractivity contribution in [2.45, 2.75) is 22.1 Å². The average molecular weight is 528 g/mol. The van der Waals surface area contributed by atoms with E-state index in [0.717, 1.165) is 16.0 Å². The fraction of sp³-hybridized carbons (Fsp3) is 0.161. The van der Waals surface area contributed by atoms with Crippen LogP contribution in [0.25, 0.3) is 0 Å². The van der Waals surface area contributed by atoms with Crippen LogP contribution in [0.1, 0.15) is 27.9 Å². The van der Waals surface area contributed by atoms with Crippen LogP contribution in [0.2, 0.25) is 0 Å². The molecule has 0 saturated carbocycles. The highest BCUT2D eigenvalue weighted by molar-refractivity contribution is 7.99. The zero-order valence-electron chi connectivity index (χ0n) is 21.1. The Balaban J connectivity index is 1.73. The summed E-state index contributed by atoms with van der Waals surface area (Å²) in [5, 5.41) is 12.6. The number of ether oxygens (including phenoxy) is 2. The average Bonchev–Trinajstić information content (AvgIpc) is 2.96. The van der Waals surface area contributed by atoms with Crippen LogP contribution in [-0.2, 0) is 9.59 Å². The molecule has 0 bridgehead atoms. The summed E-state index contributed by atoms with van der Waals surface area (Å²) < 4.78 is 10.8. The highest BCUT2D eigenvalue weighted by Gasteiger charge is 2.35. The quantitative estimate of drug-likeness (QED) is 0.235. The Morgan fingerprint density at radius 3 is 1.79 bits per heavy atom. The Bertz CT molecular complexity index is 1320. The van der Waals surface area contributed by atoms with Crippen molar-refractivity contribution in [1.29, 1.82) is 0 Å². The Hall–Kier alpha value is -4.23. The first-order chi connectivity index (χ1) is 18.5. The summed E-state index contributed by atoms with van der Waals surface area (Å²) in [6.07, 6.45) is 0. The van der Waals surface area contributed by atoms with Crippen LogP contribution in [0.3, 0.4) is 0 Å². The number of carbonyl (C=O) groups excluding carboxylic acids is 1. The third-order valence-corrected chi connectivity index (χ3v) is 7.45. The molecule has 38 heavy (non-hydrogen) atoms. The lowest BCUT2D eigenvalue weighted by Gasteiger charge is -2.27.